The summed E-state index contributed by atoms with van der Waals surface area (Å²) in [5.41, 5.74) is 2.96. The third kappa shape index (κ3) is 4.31. The maximum absolute atomic E-state index is 12.2. The summed E-state index contributed by atoms with van der Waals surface area (Å²) >= 11 is 6.14. The molecule has 0 bridgehead atoms. The van der Waals surface area contributed by atoms with Crippen molar-refractivity contribution in [3.8, 4) is 5.75 Å². The second kappa shape index (κ2) is 8.35. The standard InChI is InChI=1S/C24H16ClNO4/c1-15-6-10-17(11-7-15)23(27)29-18-12-8-16(9-13-18)14-21-24(28)30-22(26-21)19-4-2-3-5-20(19)25/h2-14H,1H3/b21-14+. The third-order valence-corrected chi connectivity index (χ3v) is 4.74. The molecule has 0 unspecified atom stereocenters. The molecule has 3 aromatic rings. The molecule has 0 saturated heterocycles. The predicted octanol–water partition coefficient (Wildman–Crippen LogP) is 5.21. The monoisotopic (exact) mass is 417 g/mol. The van der Waals surface area contributed by atoms with Crippen LogP contribution in [0.25, 0.3) is 6.08 Å². The van der Waals surface area contributed by atoms with Gasteiger partial charge >= 0.3 is 11.9 Å². The lowest BCUT2D eigenvalue weighted by atomic mass is 10.1. The van der Waals surface area contributed by atoms with Crippen LogP contribution in [0.5, 0.6) is 5.75 Å². The molecule has 0 spiro atoms. The van der Waals surface area contributed by atoms with E-state index in [1.54, 1.807) is 66.7 Å². The smallest absolute Gasteiger partial charge is 0.363 e. The van der Waals surface area contributed by atoms with Gasteiger partial charge in [-0.2, -0.15) is 0 Å². The van der Waals surface area contributed by atoms with Gasteiger partial charge in [-0.15, -0.1) is 0 Å². The van der Waals surface area contributed by atoms with Gasteiger partial charge in [0, 0.05) is 0 Å². The van der Waals surface area contributed by atoms with Gasteiger partial charge in [0.2, 0.25) is 5.90 Å². The van der Waals surface area contributed by atoms with Crippen LogP contribution < -0.4 is 4.74 Å². The molecular weight excluding hydrogens is 402 g/mol. The van der Waals surface area contributed by atoms with Crippen LogP contribution in [0.3, 0.4) is 0 Å². The summed E-state index contributed by atoms with van der Waals surface area (Å²) in [6, 6.07) is 20.9. The van der Waals surface area contributed by atoms with E-state index >= 15 is 0 Å². The lowest BCUT2D eigenvalue weighted by Crippen LogP contribution is -2.08. The molecule has 5 nitrogen and oxygen atoms in total. The first kappa shape index (κ1) is 19.6. The van der Waals surface area contributed by atoms with Crippen LogP contribution in [0.2, 0.25) is 5.02 Å². The normalized spacial score (nSPS) is 14.4. The van der Waals surface area contributed by atoms with Crippen molar-refractivity contribution < 1.29 is 19.1 Å². The number of hydrogen-bond donors (Lipinski definition) is 0. The Morgan fingerprint density at radius 3 is 2.40 bits per heavy atom. The highest BCUT2D eigenvalue weighted by molar-refractivity contribution is 6.34. The lowest BCUT2D eigenvalue weighted by molar-refractivity contribution is -0.129. The van der Waals surface area contributed by atoms with Crippen LogP contribution in [-0.2, 0) is 9.53 Å². The molecule has 1 heterocycles. The first-order valence-electron chi connectivity index (χ1n) is 9.16. The minimum Gasteiger partial charge on any atom is -0.423 e. The molecule has 0 N–H and O–H groups in total. The van der Waals surface area contributed by atoms with Crippen molar-refractivity contribution in [2.75, 3.05) is 0 Å². The molecule has 0 radical (unpaired) electrons. The van der Waals surface area contributed by atoms with Gasteiger partial charge in [0.05, 0.1) is 16.1 Å². The number of hydrogen-bond acceptors (Lipinski definition) is 5. The Morgan fingerprint density at radius 2 is 1.70 bits per heavy atom. The molecule has 148 valence electrons. The van der Waals surface area contributed by atoms with Crippen LogP contribution >= 0.6 is 11.6 Å². The summed E-state index contributed by atoms with van der Waals surface area (Å²) < 4.78 is 10.6. The van der Waals surface area contributed by atoms with Gasteiger partial charge < -0.3 is 9.47 Å². The average Bonchev–Trinajstić information content (AvgIpc) is 3.10. The predicted molar refractivity (Wildman–Crippen MR) is 115 cm³/mol. The fourth-order valence-corrected chi connectivity index (χ4v) is 3.02. The largest absolute Gasteiger partial charge is 0.423 e. The molecular formula is C24H16ClNO4. The zero-order valence-corrected chi connectivity index (χ0v) is 16.7. The summed E-state index contributed by atoms with van der Waals surface area (Å²) in [5, 5.41) is 0.449. The van der Waals surface area contributed by atoms with Crippen LogP contribution in [0.15, 0.2) is 83.5 Å². The number of halogens is 1. The minimum atomic E-state index is -0.556. The van der Waals surface area contributed by atoms with Gasteiger partial charge in [0.1, 0.15) is 5.75 Å². The SMILES string of the molecule is Cc1ccc(C(=O)Oc2ccc(/C=C3/N=C(c4ccccc4Cl)OC3=O)cc2)cc1. The fraction of sp³-hybridized carbons (Fsp3) is 0.0417. The van der Waals surface area contributed by atoms with Gasteiger partial charge in [0.25, 0.3) is 0 Å². The van der Waals surface area contributed by atoms with Crippen molar-refractivity contribution in [1.82, 2.24) is 0 Å². The number of esters is 2. The number of carbonyl (C=O) groups excluding carboxylic acids is 2. The zero-order valence-electron chi connectivity index (χ0n) is 16.0. The zero-order chi connectivity index (χ0) is 21.1. The maximum atomic E-state index is 12.2. The average molecular weight is 418 g/mol. The maximum Gasteiger partial charge on any atom is 0.363 e. The minimum absolute atomic E-state index is 0.161. The number of cyclic esters (lactones) is 1. The van der Waals surface area contributed by atoms with Crippen LogP contribution in [0.4, 0.5) is 0 Å². The summed E-state index contributed by atoms with van der Waals surface area (Å²) in [5.74, 6) is -0.424. The van der Waals surface area contributed by atoms with Crippen molar-refractivity contribution in [2.24, 2.45) is 4.99 Å². The number of nitrogens with zero attached hydrogens (tertiary/aromatic N) is 1. The van der Waals surface area contributed by atoms with Crippen molar-refractivity contribution in [3.63, 3.8) is 0 Å². The highest BCUT2D eigenvalue weighted by Crippen LogP contribution is 2.24. The number of ether oxygens (including phenoxy) is 2. The lowest BCUT2D eigenvalue weighted by Gasteiger charge is -2.05. The van der Waals surface area contributed by atoms with Gasteiger partial charge in [-0.3, -0.25) is 0 Å². The van der Waals surface area contributed by atoms with E-state index in [4.69, 9.17) is 21.1 Å². The summed E-state index contributed by atoms with van der Waals surface area (Å²) in [6.07, 6.45) is 1.59. The van der Waals surface area contributed by atoms with E-state index in [0.29, 0.717) is 27.5 Å². The van der Waals surface area contributed by atoms with E-state index < -0.39 is 11.9 Å². The van der Waals surface area contributed by atoms with Crippen molar-refractivity contribution in [3.05, 3.63) is 106 Å². The van der Waals surface area contributed by atoms with E-state index in [1.807, 2.05) is 19.1 Å². The molecule has 0 atom stereocenters. The molecule has 30 heavy (non-hydrogen) atoms. The second-order valence-electron chi connectivity index (χ2n) is 6.64. The molecule has 0 saturated carbocycles. The Kier molecular flexibility index (Phi) is 5.46. The highest BCUT2D eigenvalue weighted by Gasteiger charge is 2.25. The van der Waals surface area contributed by atoms with Crippen LogP contribution in [-0.4, -0.2) is 17.8 Å². The molecule has 1 aliphatic heterocycles. The molecule has 0 aromatic heterocycles. The number of rotatable bonds is 4. The van der Waals surface area contributed by atoms with Gasteiger partial charge in [-0.25, -0.2) is 14.6 Å². The van der Waals surface area contributed by atoms with E-state index in [9.17, 15) is 9.59 Å². The first-order valence-corrected chi connectivity index (χ1v) is 9.54. The molecule has 0 aliphatic carbocycles. The quantitative estimate of drug-likeness (QED) is 0.332. The number of aryl methyl sites for hydroxylation is 1. The van der Waals surface area contributed by atoms with Crippen molar-refractivity contribution >= 4 is 35.5 Å². The van der Waals surface area contributed by atoms with Gasteiger partial charge in [-0.05, 0) is 55.0 Å². The number of carbonyl (C=O) groups is 2. The Bertz CT molecular complexity index is 1180. The summed E-state index contributed by atoms with van der Waals surface area (Å²) in [4.78, 5) is 28.6. The molecule has 4 rings (SSSR count). The molecule has 1 aliphatic rings. The molecule has 6 heteroatoms. The van der Waals surface area contributed by atoms with E-state index in [1.165, 1.54) is 0 Å². The third-order valence-electron chi connectivity index (χ3n) is 4.41. The molecule has 0 fully saturated rings. The summed E-state index contributed by atoms with van der Waals surface area (Å²) in [7, 11) is 0. The van der Waals surface area contributed by atoms with E-state index in [-0.39, 0.29) is 11.6 Å². The highest BCUT2D eigenvalue weighted by atomic mass is 35.5. The van der Waals surface area contributed by atoms with E-state index in [2.05, 4.69) is 4.99 Å². The van der Waals surface area contributed by atoms with Gasteiger partial charge in [0.15, 0.2) is 5.70 Å². The second-order valence-corrected chi connectivity index (χ2v) is 7.05. The first-order chi connectivity index (χ1) is 14.5. The molecule has 0 amide bonds. The van der Waals surface area contributed by atoms with Crippen molar-refractivity contribution in [2.45, 2.75) is 6.92 Å². The van der Waals surface area contributed by atoms with Crippen molar-refractivity contribution in [1.29, 1.82) is 0 Å². The topological polar surface area (TPSA) is 65.0 Å². The van der Waals surface area contributed by atoms with Crippen LogP contribution in [0.1, 0.15) is 27.0 Å². The Hall–Kier alpha value is -3.70. The Labute approximate surface area is 178 Å². The fourth-order valence-electron chi connectivity index (χ4n) is 2.80. The Balaban J connectivity index is 1.49. The number of aliphatic imine (C=N–C) groups is 1. The number of benzene rings is 3. The van der Waals surface area contributed by atoms with Crippen LogP contribution in [0, 0.1) is 6.92 Å². The Morgan fingerprint density at radius 1 is 1.00 bits per heavy atom. The van der Waals surface area contributed by atoms with Gasteiger partial charge in [-0.1, -0.05) is 53.6 Å². The summed E-state index contributed by atoms with van der Waals surface area (Å²) in [6.45, 7) is 1.95. The molecule has 3 aromatic carbocycles. The van der Waals surface area contributed by atoms with E-state index in [0.717, 1.165) is 5.56 Å².